The van der Waals surface area contributed by atoms with Crippen LogP contribution in [0.3, 0.4) is 0 Å². The number of hydrogen-bond donors (Lipinski definition) is 1. The summed E-state index contributed by atoms with van der Waals surface area (Å²) in [6, 6.07) is 17.5. The zero-order valence-corrected chi connectivity index (χ0v) is 18.5. The SMILES string of the molecule is O=C(O)CN1C(=O)/C(=C\c2ccc3c(c2)C2CCCC2N3Cc2ccccc2)SC1=S. The maximum atomic E-state index is 12.6. The molecule has 2 atom stereocenters. The Labute approximate surface area is 190 Å². The van der Waals surface area contributed by atoms with Crippen molar-refractivity contribution in [1.29, 1.82) is 0 Å². The maximum absolute atomic E-state index is 12.6. The van der Waals surface area contributed by atoms with E-state index >= 15 is 0 Å². The maximum Gasteiger partial charge on any atom is 0.323 e. The summed E-state index contributed by atoms with van der Waals surface area (Å²) in [4.78, 5) is 27.8. The van der Waals surface area contributed by atoms with Crippen molar-refractivity contribution in [2.45, 2.75) is 37.8 Å². The van der Waals surface area contributed by atoms with Crippen LogP contribution in [0.15, 0.2) is 53.4 Å². The molecule has 1 amide bonds. The molecule has 1 saturated heterocycles. The van der Waals surface area contributed by atoms with Gasteiger partial charge in [0.2, 0.25) is 0 Å². The minimum absolute atomic E-state index is 0.296. The van der Waals surface area contributed by atoms with E-state index in [1.54, 1.807) is 0 Å². The van der Waals surface area contributed by atoms with Crippen molar-refractivity contribution in [2.24, 2.45) is 0 Å². The number of benzene rings is 2. The van der Waals surface area contributed by atoms with Crippen LogP contribution in [0.2, 0.25) is 0 Å². The molecular formula is C24H22N2O3S2. The van der Waals surface area contributed by atoms with E-state index < -0.39 is 12.5 Å². The van der Waals surface area contributed by atoms with Crippen molar-refractivity contribution in [1.82, 2.24) is 4.90 Å². The topological polar surface area (TPSA) is 60.9 Å². The number of hydrogen-bond acceptors (Lipinski definition) is 5. The van der Waals surface area contributed by atoms with Gasteiger partial charge in [-0.25, -0.2) is 0 Å². The van der Waals surface area contributed by atoms with Crippen LogP contribution >= 0.6 is 24.0 Å². The molecule has 1 saturated carbocycles. The summed E-state index contributed by atoms with van der Waals surface area (Å²) < 4.78 is 0.296. The predicted molar refractivity (Wildman–Crippen MR) is 127 cm³/mol. The number of aliphatic carboxylic acids is 1. The lowest BCUT2D eigenvalue weighted by Gasteiger charge is -2.27. The van der Waals surface area contributed by atoms with Gasteiger partial charge in [0.15, 0.2) is 0 Å². The van der Waals surface area contributed by atoms with Gasteiger partial charge >= 0.3 is 5.97 Å². The summed E-state index contributed by atoms with van der Waals surface area (Å²) in [7, 11) is 0. The van der Waals surface area contributed by atoms with Crippen LogP contribution in [0, 0.1) is 0 Å². The molecule has 1 aliphatic carbocycles. The summed E-state index contributed by atoms with van der Waals surface area (Å²) >= 11 is 6.37. The summed E-state index contributed by atoms with van der Waals surface area (Å²) in [5, 5.41) is 9.02. The highest BCUT2D eigenvalue weighted by molar-refractivity contribution is 8.26. The average molecular weight is 451 g/mol. The highest BCUT2D eigenvalue weighted by Gasteiger charge is 2.41. The van der Waals surface area contributed by atoms with E-state index in [4.69, 9.17) is 17.3 Å². The number of anilines is 1. The molecule has 2 heterocycles. The Kier molecular flexibility index (Phi) is 5.32. The van der Waals surface area contributed by atoms with Gasteiger partial charge in [-0.15, -0.1) is 0 Å². The lowest BCUT2D eigenvalue weighted by molar-refractivity contribution is -0.140. The van der Waals surface area contributed by atoms with Crippen LogP contribution < -0.4 is 4.90 Å². The second-order valence-electron chi connectivity index (χ2n) is 8.20. The van der Waals surface area contributed by atoms with Crippen molar-refractivity contribution in [2.75, 3.05) is 11.4 Å². The molecule has 0 radical (unpaired) electrons. The Bertz CT molecular complexity index is 1100. The molecule has 2 fully saturated rings. The van der Waals surface area contributed by atoms with Gasteiger partial charge in [-0.05, 0) is 47.7 Å². The zero-order chi connectivity index (χ0) is 21.5. The third-order valence-corrected chi connectivity index (χ3v) is 7.68. The minimum atomic E-state index is -1.07. The summed E-state index contributed by atoms with van der Waals surface area (Å²) in [6.07, 6.45) is 5.46. The van der Waals surface area contributed by atoms with Gasteiger partial charge in [0.05, 0.1) is 4.91 Å². The Morgan fingerprint density at radius 3 is 2.77 bits per heavy atom. The second kappa shape index (κ2) is 8.13. The largest absolute Gasteiger partial charge is 0.480 e. The molecule has 2 aromatic rings. The molecule has 0 aromatic heterocycles. The number of fused-ring (bicyclic) bond motifs is 3. The molecule has 5 rings (SSSR count). The van der Waals surface area contributed by atoms with E-state index in [1.165, 1.54) is 47.8 Å². The van der Waals surface area contributed by atoms with Crippen LogP contribution in [0.4, 0.5) is 5.69 Å². The monoisotopic (exact) mass is 450 g/mol. The highest BCUT2D eigenvalue weighted by atomic mass is 32.2. The van der Waals surface area contributed by atoms with E-state index in [2.05, 4.69) is 41.3 Å². The van der Waals surface area contributed by atoms with Gasteiger partial charge in [0.25, 0.3) is 5.91 Å². The van der Waals surface area contributed by atoms with Crippen LogP contribution in [-0.4, -0.2) is 38.8 Å². The van der Waals surface area contributed by atoms with Crippen molar-refractivity contribution < 1.29 is 14.7 Å². The first-order valence-corrected chi connectivity index (χ1v) is 11.7. The number of thiocarbonyl (C=S) groups is 1. The first-order valence-electron chi connectivity index (χ1n) is 10.4. The molecule has 2 aromatic carbocycles. The first kappa shape index (κ1) is 20.3. The quantitative estimate of drug-likeness (QED) is 0.530. The van der Waals surface area contributed by atoms with Crippen molar-refractivity contribution in [3.8, 4) is 0 Å². The molecular weight excluding hydrogens is 428 g/mol. The molecule has 0 spiro atoms. The van der Waals surface area contributed by atoms with Gasteiger partial charge in [-0.1, -0.05) is 66.8 Å². The highest BCUT2D eigenvalue weighted by Crippen LogP contribution is 2.50. The molecule has 31 heavy (non-hydrogen) atoms. The molecule has 3 aliphatic rings. The fourth-order valence-electron chi connectivity index (χ4n) is 4.98. The minimum Gasteiger partial charge on any atom is -0.480 e. The fourth-order valence-corrected chi connectivity index (χ4v) is 6.24. The molecule has 0 bridgehead atoms. The van der Waals surface area contributed by atoms with Gasteiger partial charge in [-0.3, -0.25) is 14.5 Å². The number of rotatable bonds is 5. The Balaban J connectivity index is 1.44. The van der Waals surface area contributed by atoms with E-state index in [0.29, 0.717) is 21.2 Å². The molecule has 2 unspecified atom stereocenters. The van der Waals surface area contributed by atoms with Gasteiger partial charge in [0, 0.05) is 24.2 Å². The third-order valence-electron chi connectivity index (χ3n) is 6.30. The van der Waals surface area contributed by atoms with Crippen LogP contribution in [0.5, 0.6) is 0 Å². The van der Waals surface area contributed by atoms with Gasteiger partial charge < -0.3 is 10.0 Å². The van der Waals surface area contributed by atoms with E-state index in [-0.39, 0.29) is 5.91 Å². The number of carboxylic acid groups (broad SMARTS) is 1. The number of amides is 1. The van der Waals surface area contributed by atoms with E-state index in [9.17, 15) is 9.59 Å². The lowest BCUT2D eigenvalue weighted by atomic mass is 9.96. The Hall–Kier alpha value is -2.64. The predicted octanol–water partition coefficient (Wildman–Crippen LogP) is 4.63. The molecule has 2 aliphatic heterocycles. The van der Waals surface area contributed by atoms with Gasteiger partial charge in [-0.2, -0.15) is 0 Å². The molecule has 1 N–H and O–H groups in total. The standard InChI is InChI=1S/C24H22N2O3S2/c27-22(28)14-26-23(29)21(31-24(26)30)12-16-9-10-20-18(11-16)17-7-4-8-19(17)25(20)13-15-5-2-1-3-6-15/h1-3,5-6,9-12,17,19H,4,7-8,13-14H2,(H,27,28)/b21-12+. The zero-order valence-electron chi connectivity index (χ0n) is 16.9. The van der Waals surface area contributed by atoms with E-state index in [0.717, 1.165) is 17.0 Å². The average Bonchev–Trinajstić information content (AvgIpc) is 3.41. The third kappa shape index (κ3) is 3.77. The summed E-state index contributed by atoms with van der Waals surface area (Å²) in [5.74, 6) is -0.878. The van der Waals surface area contributed by atoms with Crippen molar-refractivity contribution >= 4 is 51.9 Å². The van der Waals surface area contributed by atoms with Crippen molar-refractivity contribution in [3.63, 3.8) is 0 Å². The normalized spacial score (nSPS) is 23.5. The first-order chi connectivity index (χ1) is 15.0. The fraction of sp³-hybridized carbons (Fsp3) is 0.292. The lowest BCUT2D eigenvalue weighted by Crippen LogP contribution is -2.33. The Morgan fingerprint density at radius 1 is 1.19 bits per heavy atom. The van der Waals surface area contributed by atoms with Crippen LogP contribution in [-0.2, 0) is 16.1 Å². The van der Waals surface area contributed by atoms with Gasteiger partial charge in [0.1, 0.15) is 10.9 Å². The number of thioether (sulfide) groups is 1. The van der Waals surface area contributed by atoms with Crippen molar-refractivity contribution in [3.05, 3.63) is 70.1 Å². The number of nitrogens with zero attached hydrogens (tertiary/aromatic N) is 2. The Morgan fingerprint density at radius 2 is 2.00 bits per heavy atom. The second-order valence-corrected chi connectivity index (χ2v) is 9.87. The number of carbonyl (C=O) groups excluding carboxylic acids is 1. The smallest absolute Gasteiger partial charge is 0.323 e. The van der Waals surface area contributed by atoms with Crippen LogP contribution in [0.1, 0.15) is 41.9 Å². The molecule has 7 heteroatoms. The molecule has 158 valence electrons. The summed E-state index contributed by atoms with van der Waals surface area (Å²) in [6.45, 7) is 0.507. The van der Waals surface area contributed by atoms with E-state index in [1.807, 2.05) is 18.2 Å². The number of carboxylic acids is 1. The van der Waals surface area contributed by atoms with Crippen LogP contribution in [0.25, 0.3) is 6.08 Å². The summed E-state index contributed by atoms with van der Waals surface area (Å²) in [5.41, 5.74) is 4.91. The molecule has 5 nitrogen and oxygen atoms in total. The number of carbonyl (C=O) groups is 2.